The van der Waals surface area contributed by atoms with Crippen molar-refractivity contribution in [3.8, 4) is 17.2 Å². The quantitative estimate of drug-likeness (QED) is 0.470. The second-order valence-electron chi connectivity index (χ2n) is 9.31. The van der Waals surface area contributed by atoms with Gasteiger partial charge in [-0.2, -0.15) is 4.31 Å². The molecule has 202 valence electrons. The van der Waals surface area contributed by atoms with E-state index in [9.17, 15) is 13.2 Å². The maximum atomic E-state index is 13.6. The molecule has 9 nitrogen and oxygen atoms in total. The lowest BCUT2D eigenvalue weighted by Crippen LogP contribution is -2.49. The molecule has 0 spiro atoms. The first-order valence-electron chi connectivity index (χ1n) is 12.2. The second-order valence-corrected chi connectivity index (χ2v) is 11.6. The van der Waals surface area contributed by atoms with Crippen molar-refractivity contribution in [3.05, 3.63) is 47.5 Å². The lowest BCUT2D eigenvalue weighted by atomic mass is 9.76. The minimum atomic E-state index is -3.90. The molecule has 2 aliphatic rings. The van der Waals surface area contributed by atoms with Crippen LogP contribution in [-0.4, -0.2) is 83.7 Å². The van der Waals surface area contributed by atoms with Gasteiger partial charge in [0.25, 0.3) is 0 Å². The van der Waals surface area contributed by atoms with Gasteiger partial charge in [0.2, 0.25) is 15.9 Å². The molecule has 4 rings (SSSR count). The number of hydrogen-bond donors (Lipinski definition) is 0. The van der Waals surface area contributed by atoms with Crippen LogP contribution in [0.3, 0.4) is 0 Å². The zero-order valence-electron chi connectivity index (χ0n) is 21.2. The van der Waals surface area contributed by atoms with Crippen molar-refractivity contribution in [2.24, 2.45) is 5.41 Å². The van der Waals surface area contributed by atoms with E-state index in [4.69, 9.17) is 30.5 Å². The van der Waals surface area contributed by atoms with Crippen LogP contribution in [-0.2, 0) is 19.6 Å². The molecule has 0 aliphatic carbocycles. The number of sulfonamides is 1. The molecule has 37 heavy (non-hydrogen) atoms. The van der Waals surface area contributed by atoms with Gasteiger partial charge in [-0.15, -0.1) is 0 Å². The lowest BCUT2D eigenvalue weighted by Gasteiger charge is -2.42. The van der Waals surface area contributed by atoms with Crippen LogP contribution in [0.15, 0.2) is 47.4 Å². The molecule has 1 amide bonds. The van der Waals surface area contributed by atoms with Crippen molar-refractivity contribution in [2.45, 2.75) is 24.2 Å². The SMILES string of the molecule is COc1cc(OC)c(S(=O)(=O)N2CCC(COc3ccccc3)(CC(=O)N3CCOCC3)CC2)cc1Cl. The summed E-state index contributed by atoms with van der Waals surface area (Å²) in [5.41, 5.74) is -0.501. The van der Waals surface area contributed by atoms with Crippen LogP contribution in [0.5, 0.6) is 17.2 Å². The van der Waals surface area contributed by atoms with Gasteiger partial charge in [-0.25, -0.2) is 8.42 Å². The number of carbonyl (C=O) groups is 1. The summed E-state index contributed by atoms with van der Waals surface area (Å²) < 4.78 is 50.7. The molecule has 2 saturated heterocycles. The van der Waals surface area contributed by atoms with Gasteiger partial charge in [-0.1, -0.05) is 29.8 Å². The lowest BCUT2D eigenvalue weighted by molar-refractivity contribution is -0.139. The number of amides is 1. The summed E-state index contributed by atoms with van der Waals surface area (Å²) in [6.45, 7) is 2.97. The number of morpholine rings is 1. The van der Waals surface area contributed by atoms with Gasteiger partial charge >= 0.3 is 0 Å². The molecule has 0 radical (unpaired) electrons. The molecule has 2 aromatic carbocycles. The Labute approximate surface area is 223 Å². The topological polar surface area (TPSA) is 94.6 Å². The van der Waals surface area contributed by atoms with E-state index in [0.717, 1.165) is 0 Å². The van der Waals surface area contributed by atoms with Crippen molar-refractivity contribution >= 4 is 27.5 Å². The number of benzene rings is 2. The van der Waals surface area contributed by atoms with Gasteiger partial charge in [-0.3, -0.25) is 4.79 Å². The van der Waals surface area contributed by atoms with Crippen LogP contribution in [0.25, 0.3) is 0 Å². The maximum absolute atomic E-state index is 13.6. The summed E-state index contributed by atoms with van der Waals surface area (Å²) >= 11 is 6.25. The predicted molar refractivity (Wildman–Crippen MR) is 139 cm³/mol. The van der Waals surface area contributed by atoms with Gasteiger partial charge in [0.05, 0.1) is 39.1 Å². The Morgan fingerprint density at radius 2 is 1.65 bits per heavy atom. The van der Waals surface area contributed by atoms with E-state index in [0.29, 0.717) is 57.3 Å². The largest absolute Gasteiger partial charge is 0.495 e. The Morgan fingerprint density at radius 3 is 2.27 bits per heavy atom. The highest BCUT2D eigenvalue weighted by molar-refractivity contribution is 7.89. The van der Waals surface area contributed by atoms with Gasteiger partial charge in [0, 0.05) is 44.1 Å². The van der Waals surface area contributed by atoms with Crippen molar-refractivity contribution in [3.63, 3.8) is 0 Å². The third-order valence-electron chi connectivity index (χ3n) is 7.02. The number of nitrogens with zero attached hydrogens (tertiary/aromatic N) is 2. The van der Waals surface area contributed by atoms with Gasteiger partial charge in [-0.05, 0) is 31.0 Å². The highest BCUT2D eigenvalue weighted by atomic mass is 35.5. The molecule has 0 bridgehead atoms. The minimum Gasteiger partial charge on any atom is -0.495 e. The molecule has 0 N–H and O–H groups in total. The van der Waals surface area contributed by atoms with Crippen LogP contribution in [0.4, 0.5) is 0 Å². The van der Waals surface area contributed by atoms with E-state index in [1.165, 1.54) is 30.7 Å². The summed E-state index contributed by atoms with van der Waals surface area (Å²) in [6.07, 6.45) is 1.23. The van der Waals surface area contributed by atoms with E-state index in [1.54, 1.807) is 0 Å². The van der Waals surface area contributed by atoms with Crippen LogP contribution >= 0.6 is 11.6 Å². The predicted octanol–water partition coefficient (Wildman–Crippen LogP) is 3.46. The highest BCUT2D eigenvalue weighted by Crippen LogP contribution is 2.41. The van der Waals surface area contributed by atoms with E-state index in [-0.39, 0.29) is 41.1 Å². The highest BCUT2D eigenvalue weighted by Gasteiger charge is 2.42. The van der Waals surface area contributed by atoms with Gasteiger partial charge < -0.3 is 23.8 Å². The first-order valence-corrected chi connectivity index (χ1v) is 14.0. The maximum Gasteiger partial charge on any atom is 0.246 e. The number of halogens is 1. The Balaban J connectivity index is 1.53. The molecule has 2 fully saturated rings. The molecule has 0 atom stereocenters. The number of para-hydroxylation sites is 1. The molecule has 11 heteroatoms. The number of carbonyl (C=O) groups excluding carboxylic acids is 1. The third kappa shape index (κ3) is 6.31. The molecule has 0 unspecified atom stereocenters. The average Bonchev–Trinajstić information content (AvgIpc) is 2.93. The molecular weight excluding hydrogens is 520 g/mol. The zero-order valence-corrected chi connectivity index (χ0v) is 22.7. The van der Waals surface area contributed by atoms with Crippen molar-refractivity contribution < 1.29 is 32.2 Å². The molecular formula is C26H33ClN2O7S. The summed E-state index contributed by atoms with van der Waals surface area (Å²) in [5.74, 6) is 1.25. The Morgan fingerprint density at radius 1 is 1.00 bits per heavy atom. The van der Waals surface area contributed by atoms with Crippen LogP contribution in [0.1, 0.15) is 19.3 Å². The van der Waals surface area contributed by atoms with Crippen molar-refractivity contribution in [2.75, 3.05) is 60.2 Å². The molecule has 2 heterocycles. The fourth-order valence-corrected chi connectivity index (χ4v) is 6.65. The van der Waals surface area contributed by atoms with Crippen molar-refractivity contribution in [1.82, 2.24) is 9.21 Å². The summed E-state index contributed by atoms with van der Waals surface area (Å²) in [7, 11) is -1.05. The number of hydrogen-bond acceptors (Lipinski definition) is 7. The third-order valence-corrected chi connectivity index (χ3v) is 9.23. The van der Waals surface area contributed by atoms with Crippen LogP contribution in [0, 0.1) is 5.41 Å². The number of ether oxygens (including phenoxy) is 4. The molecule has 2 aromatic rings. The minimum absolute atomic E-state index is 0.0155. The van der Waals surface area contributed by atoms with E-state index < -0.39 is 15.4 Å². The normalized spacial score (nSPS) is 18.3. The first-order chi connectivity index (χ1) is 17.8. The van der Waals surface area contributed by atoms with Gasteiger partial charge in [0.1, 0.15) is 22.1 Å². The fraction of sp³-hybridized carbons (Fsp3) is 0.500. The molecule has 2 aliphatic heterocycles. The Kier molecular flexibility index (Phi) is 8.84. The van der Waals surface area contributed by atoms with E-state index in [1.807, 2.05) is 35.2 Å². The van der Waals surface area contributed by atoms with Crippen LogP contribution in [0.2, 0.25) is 5.02 Å². The van der Waals surface area contributed by atoms with E-state index >= 15 is 0 Å². The first kappa shape index (κ1) is 27.5. The van der Waals surface area contributed by atoms with Crippen LogP contribution < -0.4 is 14.2 Å². The number of piperidine rings is 1. The Bertz CT molecular complexity index is 1180. The number of rotatable bonds is 9. The molecule has 0 saturated carbocycles. The standard InChI is InChI=1S/C26H33ClN2O7S/c1-33-22-17-23(34-2)24(16-21(22)27)37(31,32)29-10-8-26(9-11-29,19-36-20-6-4-3-5-7-20)18-25(30)28-12-14-35-15-13-28/h3-7,16-17H,8-15,18-19H2,1-2H3. The summed E-state index contributed by atoms with van der Waals surface area (Å²) in [4.78, 5) is 15.0. The summed E-state index contributed by atoms with van der Waals surface area (Å²) in [6, 6.07) is 12.3. The summed E-state index contributed by atoms with van der Waals surface area (Å²) in [5, 5.41) is 0.181. The Hall–Kier alpha value is -2.53. The zero-order chi connectivity index (χ0) is 26.5. The fourth-order valence-electron chi connectivity index (χ4n) is 4.74. The second kappa shape index (κ2) is 11.9. The molecule has 0 aromatic heterocycles. The number of methoxy groups -OCH3 is 2. The van der Waals surface area contributed by atoms with Gasteiger partial charge in [0.15, 0.2) is 0 Å². The van der Waals surface area contributed by atoms with E-state index in [2.05, 4.69) is 0 Å². The smallest absolute Gasteiger partial charge is 0.246 e. The average molecular weight is 553 g/mol. The van der Waals surface area contributed by atoms with Crippen molar-refractivity contribution in [1.29, 1.82) is 0 Å². The monoisotopic (exact) mass is 552 g/mol.